The quantitative estimate of drug-likeness (QED) is 0.708. The molecule has 0 bridgehead atoms. The van der Waals surface area contributed by atoms with Crippen LogP contribution in [0, 0.1) is 6.92 Å². The van der Waals surface area contributed by atoms with Crippen LogP contribution in [0.5, 0.6) is 0 Å². The summed E-state index contributed by atoms with van der Waals surface area (Å²) in [4.78, 5) is 10.9. The molecule has 0 fully saturated rings. The number of carbonyl (C=O) groups is 1. The molecule has 0 atom stereocenters. The second-order valence-corrected chi connectivity index (χ2v) is 5.97. The van der Waals surface area contributed by atoms with Crippen molar-refractivity contribution < 1.29 is 23.1 Å². The number of hydrogen-bond acceptors (Lipinski definition) is 4. The minimum absolute atomic E-state index is 0.00573. The van der Waals surface area contributed by atoms with Gasteiger partial charge in [-0.25, -0.2) is 17.9 Å². The van der Waals surface area contributed by atoms with E-state index in [2.05, 4.69) is 4.72 Å². The van der Waals surface area contributed by atoms with Crippen LogP contribution in [0.25, 0.3) is 0 Å². The number of sulfonamides is 1. The zero-order valence-corrected chi connectivity index (χ0v) is 12.4. The maximum absolute atomic E-state index is 12.1. The largest absolute Gasteiger partial charge is 0.478 e. The van der Waals surface area contributed by atoms with E-state index >= 15 is 0 Å². The molecule has 0 radical (unpaired) electrons. The van der Waals surface area contributed by atoms with Crippen LogP contribution in [0.15, 0.2) is 23.1 Å². The van der Waals surface area contributed by atoms with E-state index in [9.17, 15) is 13.2 Å². The van der Waals surface area contributed by atoms with Crippen LogP contribution >= 0.6 is 0 Å². The first-order valence-corrected chi connectivity index (χ1v) is 7.78. The molecule has 7 heteroatoms. The summed E-state index contributed by atoms with van der Waals surface area (Å²) in [6.07, 6.45) is 0.560. The second-order valence-electron chi connectivity index (χ2n) is 4.23. The third kappa shape index (κ3) is 4.59. The Morgan fingerprint density at radius 1 is 1.40 bits per heavy atom. The highest BCUT2D eigenvalue weighted by Crippen LogP contribution is 2.17. The molecule has 0 spiro atoms. The molecule has 112 valence electrons. The topological polar surface area (TPSA) is 92.7 Å². The van der Waals surface area contributed by atoms with Crippen LogP contribution in [0.1, 0.15) is 29.3 Å². The molecule has 0 unspecified atom stereocenters. The van der Waals surface area contributed by atoms with Crippen molar-refractivity contribution in [3.05, 3.63) is 29.3 Å². The number of carboxylic acid groups (broad SMARTS) is 1. The van der Waals surface area contributed by atoms with Crippen LogP contribution in [0.2, 0.25) is 0 Å². The fourth-order valence-electron chi connectivity index (χ4n) is 1.63. The Morgan fingerprint density at radius 2 is 2.10 bits per heavy atom. The molecule has 2 N–H and O–H groups in total. The van der Waals surface area contributed by atoms with Crippen molar-refractivity contribution in [2.24, 2.45) is 0 Å². The molecule has 6 nitrogen and oxygen atoms in total. The predicted molar refractivity (Wildman–Crippen MR) is 74.4 cm³/mol. The lowest BCUT2D eigenvalue weighted by atomic mass is 10.1. The number of aromatic carboxylic acids is 1. The Kier molecular flexibility index (Phi) is 6.12. The number of aryl methyl sites for hydroxylation is 1. The lowest BCUT2D eigenvalue weighted by Gasteiger charge is -2.10. The summed E-state index contributed by atoms with van der Waals surface area (Å²) < 4.78 is 31.8. The van der Waals surface area contributed by atoms with E-state index in [-0.39, 0.29) is 17.0 Å². The fourth-order valence-corrected chi connectivity index (χ4v) is 2.97. The summed E-state index contributed by atoms with van der Waals surface area (Å²) in [7, 11) is -3.70. The number of benzene rings is 1. The Hall–Kier alpha value is -1.44. The van der Waals surface area contributed by atoms with Crippen LogP contribution in [0.3, 0.4) is 0 Å². The molecule has 1 aromatic carbocycles. The smallest absolute Gasteiger partial charge is 0.335 e. The Balaban J connectivity index is 2.81. The lowest BCUT2D eigenvalue weighted by molar-refractivity contribution is 0.0696. The van der Waals surface area contributed by atoms with Crippen LogP contribution in [-0.4, -0.2) is 39.3 Å². The average molecular weight is 301 g/mol. The maximum atomic E-state index is 12.1. The van der Waals surface area contributed by atoms with Crippen LogP contribution in [-0.2, 0) is 14.8 Å². The molecule has 0 aliphatic heterocycles. The minimum atomic E-state index is -3.70. The maximum Gasteiger partial charge on any atom is 0.335 e. The monoisotopic (exact) mass is 301 g/mol. The molecular formula is C13H19NO5S. The molecule has 0 saturated heterocycles. The van der Waals surface area contributed by atoms with Gasteiger partial charge >= 0.3 is 5.97 Å². The number of nitrogens with one attached hydrogen (secondary N) is 1. The van der Waals surface area contributed by atoms with E-state index in [1.54, 1.807) is 6.92 Å². The molecule has 0 amide bonds. The highest BCUT2D eigenvalue weighted by Gasteiger charge is 2.18. The van der Waals surface area contributed by atoms with Gasteiger partial charge in [-0.05, 0) is 38.0 Å². The van der Waals surface area contributed by atoms with Crippen molar-refractivity contribution in [2.45, 2.75) is 25.2 Å². The molecule has 0 aliphatic rings. The van der Waals surface area contributed by atoms with E-state index in [4.69, 9.17) is 9.84 Å². The Bertz CT molecular complexity index is 568. The minimum Gasteiger partial charge on any atom is -0.478 e. The summed E-state index contributed by atoms with van der Waals surface area (Å²) >= 11 is 0. The molecular weight excluding hydrogens is 282 g/mol. The van der Waals surface area contributed by atoms with E-state index in [0.29, 0.717) is 25.2 Å². The summed E-state index contributed by atoms with van der Waals surface area (Å²) in [5, 5.41) is 8.91. The van der Waals surface area contributed by atoms with E-state index in [1.807, 2.05) is 6.92 Å². The van der Waals surface area contributed by atoms with Crippen molar-refractivity contribution in [3.63, 3.8) is 0 Å². The van der Waals surface area contributed by atoms with Gasteiger partial charge in [0, 0.05) is 19.8 Å². The zero-order chi connectivity index (χ0) is 15.2. The fraction of sp³-hybridized carbons (Fsp3) is 0.462. The molecule has 0 aromatic heterocycles. The van der Waals surface area contributed by atoms with Gasteiger partial charge in [-0.3, -0.25) is 0 Å². The summed E-state index contributed by atoms with van der Waals surface area (Å²) in [6.45, 7) is 4.81. The van der Waals surface area contributed by atoms with Gasteiger partial charge in [-0.2, -0.15) is 0 Å². The van der Waals surface area contributed by atoms with E-state index in [0.717, 1.165) is 0 Å². The van der Waals surface area contributed by atoms with E-state index in [1.165, 1.54) is 18.2 Å². The van der Waals surface area contributed by atoms with E-state index < -0.39 is 16.0 Å². The Labute approximate surface area is 118 Å². The van der Waals surface area contributed by atoms with Gasteiger partial charge in [0.15, 0.2) is 0 Å². The van der Waals surface area contributed by atoms with Gasteiger partial charge in [0.25, 0.3) is 0 Å². The van der Waals surface area contributed by atoms with Crippen LogP contribution in [0.4, 0.5) is 0 Å². The van der Waals surface area contributed by atoms with Gasteiger partial charge in [0.1, 0.15) is 0 Å². The molecule has 0 heterocycles. The first-order chi connectivity index (χ1) is 9.38. The van der Waals surface area contributed by atoms with Crippen molar-refractivity contribution >= 4 is 16.0 Å². The third-order valence-electron chi connectivity index (χ3n) is 2.69. The summed E-state index contributed by atoms with van der Waals surface area (Å²) in [5.74, 6) is -1.15. The number of carboxylic acids is 1. The van der Waals surface area contributed by atoms with Gasteiger partial charge in [0.05, 0.1) is 10.5 Å². The number of ether oxygens (including phenoxy) is 1. The average Bonchev–Trinajstić information content (AvgIpc) is 2.38. The standard InChI is InChI=1S/C13H19NO5S/c1-3-19-8-4-7-14-20(17,18)12-9-11(13(15)16)6-5-10(12)2/h5-6,9,14H,3-4,7-8H2,1-2H3,(H,15,16). The van der Waals surface area contributed by atoms with Gasteiger partial charge in [-0.1, -0.05) is 6.07 Å². The van der Waals surface area contributed by atoms with Gasteiger partial charge < -0.3 is 9.84 Å². The van der Waals surface area contributed by atoms with Gasteiger partial charge in [-0.15, -0.1) is 0 Å². The highest BCUT2D eigenvalue weighted by atomic mass is 32.2. The van der Waals surface area contributed by atoms with Crippen LogP contribution < -0.4 is 4.72 Å². The molecule has 20 heavy (non-hydrogen) atoms. The molecule has 1 aromatic rings. The van der Waals surface area contributed by atoms with Crippen molar-refractivity contribution in [1.82, 2.24) is 4.72 Å². The zero-order valence-electron chi connectivity index (χ0n) is 11.5. The number of hydrogen-bond donors (Lipinski definition) is 2. The predicted octanol–water partition coefficient (Wildman–Crippen LogP) is 1.40. The first kappa shape index (κ1) is 16.6. The summed E-state index contributed by atoms with van der Waals surface area (Å²) in [5.41, 5.74) is 0.456. The molecule has 1 rings (SSSR count). The Morgan fingerprint density at radius 3 is 2.70 bits per heavy atom. The van der Waals surface area contributed by atoms with Crippen molar-refractivity contribution in [1.29, 1.82) is 0 Å². The SMILES string of the molecule is CCOCCCNS(=O)(=O)c1cc(C(=O)O)ccc1C. The molecule has 0 aliphatic carbocycles. The van der Waals surface area contributed by atoms with Crippen molar-refractivity contribution in [2.75, 3.05) is 19.8 Å². The second kappa shape index (κ2) is 7.37. The third-order valence-corrected chi connectivity index (χ3v) is 4.29. The molecule has 0 saturated carbocycles. The number of rotatable bonds is 8. The first-order valence-electron chi connectivity index (χ1n) is 6.30. The highest BCUT2D eigenvalue weighted by molar-refractivity contribution is 7.89. The van der Waals surface area contributed by atoms with Crippen molar-refractivity contribution in [3.8, 4) is 0 Å². The lowest BCUT2D eigenvalue weighted by Crippen LogP contribution is -2.26. The summed E-state index contributed by atoms with van der Waals surface area (Å²) in [6, 6.07) is 4.03. The van der Waals surface area contributed by atoms with Gasteiger partial charge in [0.2, 0.25) is 10.0 Å². The normalized spacial score (nSPS) is 11.5.